The molecule has 0 saturated heterocycles. The van der Waals surface area contributed by atoms with Crippen LogP contribution in [0.3, 0.4) is 0 Å². The summed E-state index contributed by atoms with van der Waals surface area (Å²) in [5, 5.41) is 0. The lowest BCUT2D eigenvalue weighted by molar-refractivity contribution is -0.144. The van der Waals surface area contributed by atoms with E-state index in [-0.39, 0.29) is 11.9 Å². The predicted octanol–water partition coefficient (Wildman–Crippen LogP) is 1.61. The van der Waals surface area contributed by atoms with Crippen LogP contribution >= 0.6 is 0 Å². The van der Waals surface area contributed by atoms with Gasteiger partial charge in [-0.2, -0.15) is 0 Å². The minimum Gasteiger partial charge on any atom is -0.466 e. The molecular weight excluding hydrogens is 206 g/mol. The Balaban J connectivity index is 3.56. The van der Waals surface area contributed by atoms with E-state index >= 15 is 0 Å². The molecule has 0 aromatic rings. The molecule has 0 saturated carbocycles. The van der Waals surface area contributed by atoms with E-state index in [1.165, 1.54) is 6.08 Å². The van der Waals surface area contributed by atoms with Crippen LogP contribution in [0.2, 0.25) is 0 Å². The highest BCUT2D eigenvalue weighted by atomic mass is 16.5. The number of rotatable bonds is 7. The molecule has 16 heavy (non-hydrogen) atoms. The molecule has 4 heteroatoms. The van der Waals surface area contributed by atoms with Crippen molar-refractivity contribution in [1.82, 2.24) is 4.90 Å². The summed E-state index contributed by atoms with van der Waals surface area (Å²) in [6.07, 6.45) is 2.37. The smallest absolute Gasteiger partial charge is 0.306 e. The van der Waals surface area contributed by atoms with E-state index in [2.05, 4.69) is 6.58 Å². The molecule has 0 aliphatic heterocycles. The first kappa shape index (κ1) is 14.7. The number of hydrogen-bond acceptors (Lipinski definition) is 3. The SMILES string of the molecule is C=CC(=O)N(C)CCCOC(=O)CC(C)C. The Morgan fingerprint density at radius 1 is 1.44 bits per heavy atom. The van der Waals surface area contributed by atoms with Crippen molar-refractivity contribution in [3.63, 3.8) is 0 Å². The Hall–Kier alpha value is -1.32. The van der Waals surface area contributed by atoms with E-state index in [4.69, 9.17) is 4.74 Å². The first-order valence-electron chi connectivity index (χ1n) is 5.50. The molecule has 0 unspecified atom stereocenters. The second-order valence-corrected chi connectivity index (χ2v) is 4.14. The van der Waals surface area contributed by atoms with Gasteiger partial charge in [0.25, 0.3) is 0 Å². The highest BCUT2D eigenvalue weighted by Crippen LogP contribution is 2.01. The number of esters is 1. The van der Waals surface area contributed by atoms with Gasteiger partial charge in [0.15, 0.2) is 0 Å². The number of amides is 1. The minimum atomic E-state index is -0.173. The topological polar surface area (TPSA) is 46.6 Å². The summed E-state index contributed by atoms with van der Waals surface area (Å²) in [4.78, 5) is 23.8. The van der Waals surface area contributed by atoms with Crippen LogP contribution in [0.1, 0.15) is 26.7 Å². The maximum atomic E-state index is 11.2. The van der Waals surface area contributed by atoms with Crippen LogP contribution in [-0.4, -0.2) is 37.0 Å². The number of ether oxygens (including phenoxy) is 1. The van der Waals surface area contributed by atoms with Gasteiger partial charge in [0.2, 0.25) is 5.91 Å². The van der Waals surface area contributed by atoms with Gasteiger partial charge in [0, 0.05) is 20.0 Å². The van der Waals surface area contributed by atoms with Crippen molar-refractivity contribution in [3.05, 3.63) is 12.7 Å². The van der Waals surface area contributed by atoms with Gasteiger partial charge in [-0.25, -0.2) is 0 Å². The molecule has 0 spiro atoms. The number of carbonyl (C=O) groups excluding carboxylic acids is 2. The maximum Gasteiger partial charge on any atom is 0.306 e. The van der Waals surface area contributed by atoms with E-state index < -0.39 is 0 Å². The molecule has 4 nitrogen and oxygen atoms in total. The summed E-state index contributed by atoms with van der Waals surface area (Å²) in [5.41, 5.74) is 0. The molecule has 0 atom stereocenters. The Morgan fingerprint density at radius 2 is 2.06 bits per heavy atom. The summed E-state index contributed by atoms with van der Waals surface area (Å²) in [7, 11) is 1.69. The second kappa shape index (κ2) is 7.91. The van der Waals surface area contributed by atoms with Crippen molar-refractivity contribution in [3.8, 4) is 0 Å². The third kappa shape index (κ3) is 7.04. The fraction of sp³-hybridized carbons (Fsp3) is 0.667. The third-order valence-electron chi connectivity index (χ3n) is 2.03. The van der Waals surface area contributed by atoms with Crippen LogP contribution in [0.4, 0.5) is 0 Å². The quantitative estimate of drug-likeness (QED) is 0.377. The molecule has 0 rings (SSSR count). The fourth-order valence-corrected chi connectivity index (χ4v) is 1.15. The van der Waals surface area contributed by atoms with Gasteiger partial charge in [-0.1, -0.05) is 20.4 Å². The van der Waals surface area contributed by atoms with Gasteiger partial charge in [-0.3, -0.25) is 9.59 Å². The zero-order chi connectivity index (χ0) is 12.6. The molecule has 0 heterocycles. The van der Waals surface area contributed by atoms with Crippen molar-refractivity contribution in [2.24, 2.45) is 5.92 Å². The Labute approximate surface area is 97.3 Å². The van der Waals surface area contributed by atoms with Crippen molar-refractivity contribution in [1.29, 1.82) is 0 Å². The van der Waals surface area contributed by atoms with E-state index in [0.717, 1.165) is 0 Å². The van der Waals surface area contributed by atoms with Crippen LogP contribution in [0.15, 0.2) is 12.7 Å². The summed E-state index contributed by atoms with van der Waals surface area (Å²) in [5.74, 6) is 0.0266. The second-order valence-electron chi connectivity index (χ2n) is 4.14. The number of hydrogen-bond donors (Lipinski definition) is 0. The molecular formula is C12H21NO3. The number of likely N-dealkylation sites (N-methyl/N-ethyl adjacent to an activating group) is 1. The van der Waals surface area contributed by atoms with Crippen LogP contribution in [0.5, 0.6) is 0 Å². The summed E-state index contributed by atoms with van der Waals surface area (Å²) < 4.78 is 5.01. The third-order valence-corrected chi connectivity index (χ3v) is 2.03. The van der Waals surface area contributed by atoms with Gasteiger partial charge < -0.3 is 9.64 Å². The molecule has 1 amide bonds. The van der Waals surface area contributed by atoms with E-state index in [9.17, 15) is 9.59 Å². The zero-order valence-electron chi connectivity index (χ0n) is 10.4. The lowest BCUT2D eigenvalue weighted by Crippen LogP contribution is -2.26. The van der Waals surface area contributed by atoms with Crippen molar-refractivity contribution >= 4 is 11.9 Å². The Kier molecular flexibility index (Phi) is 7.25. The molecule has 0 N–H and O–H groups in total. The van der Waals surface area contributed by atoms with Gasteiger partial charge in [-0.05, 0) is 18.4 Å². The monoisotopic (exact) mass is 227 g/mol. The summed E-state index contributed by atoms with van der Waals surface area (Å²) >= 11 is 0. The molecule has 0 fully saturated rings. The standard InChI is InChI=1S/C12H21NO3/c1-5-11(14)13(4)7-6-8-16-12(15)9-10(2)3/h5,10H,1,6-9H2,2-4H3. The van der Waals surface area contributed by atoms with Crippen LogP contribution in [0, 0.1) is 5.92 Å². The Morgan fingerprint density at radius 3 is 2.56 bits per heavy atom. The van der Waals surface area contributed by atoms with Crippen LogP contribution in [-0.2, 0) is 14.3 Å². The highest BCUT2D eigenvalue weighted by molar-refractivity contribution is 5.86. The molecule has 0 aromatic carbocycles. The first-order valence-corrected chi connectivity index (χ1v) is 5.50. The fourth-order valence-electron chi connectivity index (χ4n) is 1.15. The normalized spacial score (nSPS) is 10.0. The summed E-state index contributed by atoms with van der Waals surface area (Å²) in [6, 6.07) is 0. The molecule has 0 bridgehead atoms. The Bertz CT molecular complexity index is 249. The van der Waals surface area contributed by atoms with Crippen molar-refractivity contribution in [2.45, 2.75) is 26.7 Å². The average molecular weight is 227 g/mol. The lowest BCUT2D eigenvalue weighted by Gasteiger charge is -2.14. The van der Waals surface area contributed by atoms with E-state index in [1.807, 2.05) is 13.8 Å². The zero-order valence-corrected chi connectivity index (χ0v) is 10.4. The van der Waals surface area contributed by atoms with Gasteiger partial charge in [0.1, 0.15) is 0 Å². The number of nitrogens with zero attached hydrogens (tertiary/aromatic N) is 1. The molecule has 0 aliphatic carbocycles. The first-order chi connectivity index (χ1) is 7.47. The predicted molar refractivity (Wildman–Crippen MR) is 62.9 cm³/mol. The lowest BCUT2D eigenvalue weighted by atomic mass is 10.1. The molecule has 0 radical (unpaired) electrons. The van der Waals surface area contributed by atoms with Crippen molar-refractivity contribution < 1.29 is 14.3 Å². The van der Waals surface area contributed by atoms with Gasteiger partial charge in [0.05, 0.1) is 6.61 Å². The van der Waals surface area contributed by atoms with E-state index in [0.29, 0.717) is 31.9 Å². The minimum absolute atomic E-state index is 0.117. The summed E-state index contributed by atoms with van der Waals surface area (Å²) in [6.45, 7) is 8.26. The largest absolute Gasteiger partial charge is 0.466 e. The highest BCUT2D eigenvalue weighted by Gasteiger charge is 2.07. The molecule has 0 aliphatic rings. The van der Waals surface area contributed by atoms with Gasteiger partial charge in [-0.15, -0.1) is 0 Å². The van der Waals surface area contributed by atoms with Crippen LogP contribution < -0.4 is 0 Å². The molecule has 92 valence electrons. The van der Waals surface area contributed by atoms with Gasteiger partial charge >= 0.3 is 5.97 Å². The maximum absolute atomic E-state index is 11.2. The molecule has 0 aromatic heterocycles. The van der Waals surface area contributed by atoms with Crippen LogP contribution in [0.25, 0.3) is 0 Å². The number of carbonyl (C=O) groups is 2. The van der Waals surface area contributed by atoms with E-state index in [1.54, 1.807) is 11.9 Å². The average Bonchev–Trinajstić information content (AvgIpc) is 2.21. The van der Waals surface area contributed by atoms with Crippen molar-refractivity contribution in [2.75, 3.05) is 20.2 Å².